The average Bonchev–Trinajstić information content (AvgIpc) is 2.89. The van der Waals surface area contributed by atoms with E-state index in [4.69, 9.17) is 4.74 Å². The van der Waals surface area contributed by atoms with Crippen LogP contribution in [0.5, 0.6) is 0 Å². The first-order valence-corrected chi connectivity index (χ1v) is 8.19. The van der Waals surface area contributed by atoms with Crippen LogP contribution >= 0.6 is 15.9 Å². The number of carbonyl (C=O) groups excluding carboxylic acids is 1. The summed E-state index contributed by atoms with van der Waals surface area (Å²) in [5, 5.41) is 3.46. The van der Waals surface area contributed by atoms with Gasteiger partial charge in [-0.1, -0.05) is 40.9 Å². The number of benzene rings is 1. The van der Waals surface area contributed by atoms with E-state index in [9.17, 15) is 4.79 Å². The third kappa shape index (κ3) is 3.23. The smallest absolute Gasteiger partial charge is 0.323 e. The third-order valence-corrected chi connectivity index (χ3v) is 4.91. The van der Waals surface area contributed by atoms with Crippen molar-refractivity contribution in [1.82, 2.24) is 5.32 Å². The first kappa shape index (κ1) is 14.1. The molecule has 1 aromatic carbocycles. The van der Waals surface area contributed by atoms with Crippen molar-refractivity contribution in [3.8, 4) is 0 Å². The lowest BCUT2D eigenvalue weighted by atomic mass is 9.85. The van der Waals surface area contributed by atoms with Crippen LogP contribution in [0, 0.1) is 5.92 Å². The molecular weight excluding hydrogens is 318 g/mol. The Morgan fingerprint density at radius 1 is 1.35 bits per heavy atom. The summed E-state index contributed by atoms with van der Waals surface area (Å²) in [5.41, 5.74) is 1.02. The van der Waals surface area contributed by atoms with E-state index in [0.29, 0.717) is 18.6 Å². The van der Waals surface area contributed by atoms with Crippen LogP contribution in [0.15, 0.2) is 28.7 Å². The van der Waals surface area contributed by atoms with Crippen molar-refractivity contribution in [2.24, 2.45) is 5.92 Å². The second-order valence-corrected chi connectivity index (χ2v) is 6.76. The van der Waals surface area contributed by atoms with Crippen LogP contribution in [0.2, 0.25) is 0 Å². The zero-order valence-electron chi connectivity index (χ0n) is 11.5. The molecule has 1 saturated heterocycles. The van der Waals surface area contributed by atoms with E-state index in [2.05, 4.69) is 21.2 Å². The molecule has 1 saturated carbocycles. The van der Waals surface area contributed by atoms with Gasteiger partial charge < -0.3 is 10.1 Å². The van der Waals surface area contributed by atoms with E-state index in [1.807, 2.05) is 24.3 Å². The summed E-state index contributed by atoms with van der Waals surface area (Å²) in [5.74, 6) is 0.576. The van der Waals surface area contributed by atoms with Gasteiger partial charge >= 0.3 is 5.97 Å². The third-order valence-electron chi connectivity index (χ3n) is 4.42. The molecule has 3 atom stereocenters. The fraction of sp³-hybridized carbons (Fsp3) is 0.562. The molecule has 0 spiro atoms. The molecule has 3 unspecified atom stereocenters. The van der Waals surface area contributed by atoms with E-state index in [-0.39, 0.29) is 12.0 Å². The maximum absolute atomic E-state index is 12.2. The van der Waals surface area contributed by atoms with Gasteiger partial charge in [0, 0.05) is 10.5 Å². The maximum Gasteiger partial charge on any atom is 0.323 e. The quantitative estimate of drug-likeness (QED) is 0.859. The van der Waals surface area contributed by atoms with Crippen LogP contribution in [0.25, 0.3) is 0 Å². The van der Waals surface area contributed by atoms with E-state index in [0.717, 1.165) is 16.5 Å². The fourth-order valence-electron chi connectivity index (χ4n) is 3.38. The molecule has 1 heterocycles. The van der Waals surface area contributed by atoms with Gasteiger partial charge in [-0.15, -0.1) is 0 Å². The van der Waals surface area contributed by atoms with Crippen molar-refractivity contribution in [1.29, 1.82) is 0 Å². The average molecular weight is 338 g/mol. The zero-order valence-corrected chi connectivity index (χ0v) is 13.1. The van der Waals surface area contributed by atoms with Crippen molar-refractivity contribution in [3.05, 3.63) is 34.3 Å². The Balaban J connectivity index is 1.52. The predicted octanol–water partition coefficient (Wildman–Crippen LogP) is 3.41. The second kappa shape index (κ2) is 6.27. The topological polar surface area (TPSA) is 38.3 Å². The SMILES string of the molecule is O=C(OCc1cccc(Br)c1)C1CC2CCCCC2N1. The highest BCUT2D eigenvalue weighted by Crippen LogP contribution is 2.33. The van der Waals surface area contributed by atoms with Crippen molar-refractivity contribution in [2.75, 3.05) is 0 Å². The number of esters is 1. The lowest BCUT2D eigenvalue weighted by Crippen LogP contribution is -2.37. The van der Waals surface area contributed by atoms with Gasteiger partial charge in [0.1, 0.15) is 12.6 Å². The van der Waals surface area contributed by atoms with Gasteiger partial charge in [-0.05, 0) is 42.9 Å². The summed E-state index contributed by atoms with van der Waals surface area (Å²) in [6, 6.07) is 8.31. The van der Waals surface area contributed by atoms with Gasteiger partial charge in [-0.2, -0.15) is 0 Å². The molecule has 1 aliphatic heterocycles. The molecule has 2 aliphatic rings. The van der Waals surface area contributed by atoms with Crippen molar-refractivity contribution in [3.63, 3.8) is 0 Å². The molecular formula is C16H20BrNO2. The minimum Gasteiger partial charge on any atom is -0.460 e. The zero-order chi connectivity index (χ0) is 13.9. The molecule has 1 aliphatic carbocycles. The molecule has 2 fully saturated rings. The van der Waals surface area contributed by atoms with E-state index in [1.165, 1.54) is 25.7 Å². The normalized spacial score (nSPS) is 28.9. The lowest BCUT2D eigenvalue weighted by molar-refractivity contribution is -0.147. The van der Waals surface area contributed by atoms with Gasteiger partial charge in [0.15, 0.2) is 0 Å². The van der Waals surface area contributed by atoms with Crippen molar-refractivity contribution in [2.45, 2.75) is 50.8 Å². The molecule has 0 bridgehead atoms. The number of carbonyl (C=O) groups is 1. The fourth-order valence-corrected chi connectivity index (χ4v) is 3.83. The van der Waals surface area contributed by atoms with Gasteiger partial charge in [-0.3, -0.25) is 4.79 Å². The van der Waals surface area contributed by atoms with Gasteiger partial charge in [0.25, 0.3) is 0 Å². The maximum atomic E-state index is 12.2. The van der Waals surface area contributed by atoms with Gasteiger partial charge in [0.05, 0.1) is 0 Å². The number of hydrogen-bond acceptors (Lipinski definition) is 3. The Morgan fingerprint density at radius 3 is 3.00 bits per heavy atom. The monoisotopic (exact) mass is 337 g/mol. The standard InChI is InChI=1S/C16H20BrNO2/c17-13-6-3-4-11(8-13)10-20-16(19)15-9-12-5-1-2-7-14(12)18-15/h3-4,6,8,12,14-15,18H,1-2,5,7,9-10H2. The molecule has 0 aromatic heterocycles. The largest absolute Gasteiger partial charge is 0.460 e. The Morgan fingerprint density at radius 2 is 2.20 bits per heavy atom. The van der Waals surface area contributed by atoms with Crippen LogP contribution in [0.4, 0.5) is 0 Å². The summed E-state index contributed by atoms with van der Waals surface area (Å²) in [6.45, 7) is 0.353. The van der Waals surface area contributed by atoms with Gasteiger partial charge in [0.2, 0.25) is 0 Å². The summed E-state index contributed by atoms with van der Waals surface area (Å²) in [6.07, 6.45) is 6.01. The van der Waals surface area contributed by atoms with Crippen LogP contribution in [0.1, 0.15) is 37.7 Å². The number of hydrogen-bond donors (Lipinski definition) is 1. The summed E-state index contributed by atoms with van der Waals surface area (Å²) in [4.78, 5) is 12.2. The molecule has 0 amide bonds. The van der Waals surface area contributed by atoms with Crippen LogP contribution in [-0.2, 0) is 16.1 Å². The van der Waals surface area contributed by atoms with Crippen LogP contribution in [-0.4, -0.2) is 18.1 Å². The van der Waals surface area contributed by atoms with Crippen LogP contribution in [0.3, 0.4) is 0 Å². The second-order valence-electron chi connectivity index (χ2n) is 5.84. The van der Waals surface area contributed by atoms with Crippen molar-refractivity contribution < 1.29 is 9.53 Å². The van der Waals surface area contributed by atoms with E-state index in [1.54, 1.807) is 0 Å². The summed E-state index contributed by atoms with van der Waals surface area (Å²) in [7, 11) is 0. The molecule has 4 heteroatoms. The Bertz CT molecular complexity index is 477. The molecule has 108 valence electrons. The first-order chi connectivity index (χ1) is 9.72. The number of ether oxygens (including phenoxy) is 1. The molecule has 1 N–H and O–H groups in total. The minimum atomic E-state index is -0.102. The molecule has 1 aromatic rings. The highest BCUT2D eigenvalue weighted by Gasteiger charge is 2.38. The minimum absolute atomic E-state index is 0.0978. The van der Waals surface area contributed by atoms with Gasteiger partial charge in [-0.25, -0.2) is 0 Å². The van der Waals surface area contributed by atoms with Crippen LogP contribution < -0.4 is 5.32 Å². The molecule has 20 heavy (non-hydrogen) atoms. The van der Waals surface area contributed by atoms with E-state index >= 15 is 0 Å². The molecule has 0 radical (unpaired) electrons. The number of fused-ring (bicyclic) bond motifs is 1. The summed E-state index contributed by atoms with van der Waals surface area (Å²) < 4.78 is 6.46. The first-order valence-electron chi connectivity index (χ1n) is 7.39. The van der Waals surface area contributed by atoms with Crippen molar-refractivity contribution >= 4 is 21.9 Å². The highest BCUT2D eigenvalue weighted by molar-refractivity contribution is 9.10. The highest BCUT2D eigenvalue weighted by atomic mass is 79.9. The molecule has 3 nitrogen and oxygen atoms in total. The lowest BCUT2D eigenvalue weighted by Gasteiger charge is -2.24. The summed E-state index contributed by atoms with van der Waals surface area (Å²) >= 11 is 3.42. The predicted molar refractivity (Wildman–Crippen MR) is 81.2 cm³/mol. The Hall–Kier alpha value is -0.870. The molecule has 3 rings (SSSR count). The Kier molecular flexibility index (Phi) is 4.41. The number of nitrogens with one attached hydrogen (secondary N) is 1. The van der Waals surface area contributed by atoms with E-state index < -0.39 is 0 Å². The number of rotatable bonds is 3. The number of halogens is 1. The Labute approximate surface area is 128 Å².